The molecule has 0 fully saturated rings. The van der Waals surface area contributed by atoms with Gasteiger partial charge >= 0.3 is 5.97 Å². The van der Waals surface area contributed by atoms with Crippen molar-refractivity contribution in [3.8, 4) is 5.82 Å². The zero-order valence-corrected chi connectivity index (χ0v) is 17.5. The standard InChI is InChI=1S/C23H24N4O4/c1-16-20(14-26-27(16)22-7-3-4-12-25-22)23(30)31-15-21(29)19-10-8-18(9-11-19)6-5-13-24-17(2)28/h3-4,7-12,14H,5-6,13,15H2,1-2H3,(H,24,28). The molecule has 2 heterocycles. The molecule has 0 radical (unpaired) electrons. The summed E-state index contributed by atoms with van der Waals surface area (Å²) in [7, 11) is 0. The molecule has 0 aliphatic heterocycles. The fraction of sp³-hybridized carbons (Fsp3) is 0.261. The van der Waals surface area contributed by atoms with Gasteiger partial charge in [0, 0.05) is 25.2 Å². The van der Waals surface area contributed by atoms with Crippen LogP contribution in [-0.4, -0.2) is 45.6 Å². The summed E-state index contributed by atoms with van der Waals surface area (Å²) < 4.78 is 6.75. The number of rotatable bonds is 9. The molecule has 160 valence electrons. The lowest BCUT2D eigenvalue weighted by atomic mass is 10.1. The Balaban J connectivity index is 1.53. The van der Waals surface area contributed by atoms with Gasteiger partial charge in [-0.1, -0.05) is 30.3 Å². The number of nitrogens with zero attached hydrogens (tertiary/aromatic N) is 3. The second-order valence-electron chi connectivity index (χ2n) is 7.03. The van der Waals surface area contributed by atoms with Crippen LogP contribution in [0.4, 0.5) is 0 Å². The minimum Gasteiger partial charge on any atom is -0.454 e. The number of aryl methyl sites for hydroxylation is 1. The molecule has 0 aliphatic rings. The number of carbonyl (C=O) groups is 3. The molecule has 0 saturated heterocycles. The molecule has 31 heavy (non-hydrogen) atoms. The molecule has 1 aromatic carbocycles. The normalized spacial score (nSPS) is 10.5. The predicted octanol–water partition coefficient (Wildman–Crippen LogP) is 2.68. The van der Waals surface area contributed by atoms with E-state index in [2.05, 4.69) is 15.4 Å². The highest BCUT2D eigenvalue weighted by molar-refractivity contribution is 5.99. The number of amides is 1. The molecule has 3 aromatic rings. The largest absolute Gasteiger partial charge is 0.454 e. The van der Waals surface area contributed by atoms with Crippen LogP contribution < -0.4 is 5.32 Å². The Labute approximate surface area is 180 Å². The molecular weight excluding hydrogens is 396 g/mol. The third-order valence-electron chi connectivity index (χ3n) is 4.72. The fourth-order valence-electron chi connectivity index (χ4n) is 3.03. The zero-order valence-electron chi connectivity index (χ0n) is 17.5. The molecule has 0 atom stereocenters. The van der Waals surface area contributed by atoms with E-state index in [9.17, 15) is 14.4 Å². The molecule has 0 bridgehead atoms. The first kappa shape index (κ1) is 21.9. The number of ketones is 1. The fourth-order valence-corrected chi connectivity index (χ4v) is 3.03. The highest BCUT2D eigenvalue weighted by Crippen LogP contribution is 2.14. The quantitative estimate of drug-likeness (QED) is 0.324. The summed E-state index contributed by atoms with van der Waals surface area (Å²) in [6, 6.07) is 12.6. The van der Waals surface area contributed by atoms with Gasteiger partial charge in [-0.25, -0.2) is 14.5 Å². The number of hydrogen-bond acceptors (Lipinski definition) is 6. The summed E-state index contributed by atoms with van der Waals surface area (Å²) in [6.07, 6.45) is 4.66. The minimum atomic E-state index is -0.609. The van der Waals surface area contributed by atoms with Gasteiger partial charge in [0.1, 0.15) is 5.56 Å². The maximum Gasteiger partial charge on any atom is 0.342 e. The van der Waals surface area contributed by atoms with Crippen LogP contribution in [0, 0.1) is 6.92 Å². The maximum atomic E-state index is 12.4. The first-order valence-corrected chi connectivity index (χ1v) is 9.95. The number of aromatic nitrogens is 3. The van der Waals surface area contributed by atoms with Gasteiger partial charge in [0.25, 0.3) is 0 Å². The number of pyridine rings is 1. The first-order valence-electron chi connectivity index (χ1n) is 9.95. The molecular formula is C23H24N4O4. The van der Waals surface area contributed by atoms with Gasteiger partial charge in [0.2, 0.25) is 5.91 Å². The molecule has 0 aliphatic carbocycles. The van der Waals surface area contributed by atoms with Gasteiger partial charge in [0.15, 0.2) is 18.2 Å². The number of Topliss-reactive ketones (excluding diaryl/α,β-unsaturated/α-hetero) is 1. The maximum absolute atomic E-state index is 12.4. The Kier molecular flexibility index (Phi) is 7.26. The molecule has 3 rings (SSSR count). The van der Waals surface area contributed by atoms with Gasteiger partial charge in [-0.15, -0.1) is 0 Å². The number of esters is 1. The van der Waals surface area contributed by atoms with Gasteiger partial charge in [-0.05, 0) is 37.5 Å². The topological polar surface area (TPSA) is 103 Å². The van der Waals surface area contributed by atoms with E-state index in [-0.39, 0.29) is 23.9 Å². The average molecular weight is 420 g/mol. The van der Waals surface area contributed by atoms with E-state index in [0.717, 1.165) is 18.4 Å². The van der Waals surface area contributed by atoms with Crippen molar-refractivity contribution in [3.63, 3.8) is 0 Å². The summed E-state index contributed by atoms with van der Waals surface area (Å²) in [5.74, 6) is -0.349. The summed E-state index contributed by atoms with van der Waals surface area (Å²) >= 11 is 0. The smallest absolute Gasteiger partial charge is 0.342 e. The van der Waals surface area contributed by atoms with Crippen molar-refractivity contribution in [2.24, 2.45) is 0 Å². The van der Waals surface area contributed by atoms with Crippen molar-refractivity contribution in [2.75, 3.05) is 13.2 Å². The van der Waals surface area contributed by atoms with E-state index in [1.165, 1.54) is 13.1 Å². The van der Waals surface area contributed by atoms with Crippen LogP contribution in [0.5, 0.6) is 0 Å². The van der Waals surface area contributed by atoms with E-state index in [1.807, 2.05) is 18.2 Å². The van der Waals surface area contributed by atoms with E-state index < -0.39 is 5.97 Å². The summed E-state index contributed by atoms with van der Waals surface area (Å²) in [5, 5.41) is 6.94. The van der Waals surface area contributed by atoms with Crippen molar-refractivity contribution >= 4 is 17.7 Å². The lowest BCUT2D eigenvalue weighted by molar-refractivity contribution is -0.118. The number of hydrogen-bond donors (Lipinski definition) is 1. The molecule has 1 N–H and O–H groups in total. The van der Waals surface area contributed by atoms with Crippen molar-refractivity contribution in [1.82, 2.24) is 20.1 Å². The third kappa shape index (κ3) is 5.85. The minimum absolute atomic E-state index is 0.0465. The van der Waals surface area contributed by atoms with Crippen LogP contribution in [0.1, 0.15) is 45.3 Å². The molecule has 0 spiro atoms. The van der Waals surface area contributed by atoms with Crippen LogP contribution >= 0.6 is 0 Å². The highest BCUT2D eigenvalue weighted by atomic mass is 16.5. The Morgan fingerprint density at radius 1 is 1.10 bits per heavy atom. The predicted molar refractivity (Wildman–Crippen MR) is 114 cm³/mol. The Morgan fingerprint density at radius 2 is 1.87 bits per heavy atom. The van der Waals surface area contributed by atoms with Crippen LogP contribution in [0.25, 0.3) is 5.82 Å². The van der Waals surface area contributed by atoms with Gasteiger partial charge in [0.05, 0.1) is 11.9 Å². The first-order chi connectivity index (χ1) is 15.0. The van der Waals surface area contributed by atoms with Gasteiger partial charge in [-0.2, -0.15) is 5.10 Å². The van der Waals surface area contributed by atoms with Crippen LogP contribution in [0.3, 0.4) is 0 Å². The lowest BCUT2D eigenvalue weighted by Gasteiger charge is -2.07. The summed E-state index contributed by atoms with van der Waals surface area (Å²) in [5.41, 5.74) is 2.41. The number of carbonyl (C=O) groups excluding carboxylic acids is 3. The van der Waals surface area contributed by atoms with Crippen molar-refractivity contribution < 1.29 is 19.1 Å². The Hall–Kier alpha value is -3.81. The third-order valence-corrected chi connectivity index (χ3v) is 4.72. The van der Waals surface area contributed by atoms with Gasteiger partial charge < -0.3 is 10.1 Å². The summed E-state index contributed by atoms with van der Waals surface area (Å²) in [4.78, 5) is 39.9. The van der Waals surface area contributed by atoms with Crippen LogP contribution in [-0.2, 0) is 16.0 Å². The number of ether oxygens (including phenoxy) is 1. The van der Waals surface area contributed by atoms with E-state index in [0.29, 0.717) is 23.6 Å². The molecule has 0 unspecified atom stereocenters. The monoisotopic (exact) mass is 420 g/mol. The number of benzene rings is 1. The number of nitrogens with one attached hydrogen (secondary N) is 1. The van der Waals surface area contributed by atoms with E-state index in [4.69, 9.17) is 4.74 Å². The van der Waals surface area contributed by atoms with Crippen molar-refractivity contribution in [2.45, 2.75) is 26.7 Å². The lowest BCUT2D eigenvalue weighted by Crippen LogP contribution is -2.21. The molecule has 2 aromatic heterocycles. The second kappa shape index (κ2) is 10.3. The van der Waals surface area contributed by atoms with Crippen LogP contribution in [0.15, 0.2) is 54.9 Å². The molecule has 1 amide bonds. The average Bonchev–Trinajstić information content (AvgIpc) is 3.17. The molecule has 8 nitrogen and oxygen atoms in total. The van der Waals surface area contributed by atoms with E-state index >= 15 is 0 Å². The Bertz CT molecular complexity index is 1060. The van der Waals surface area contributed by atoms with Crippen molar-refractivity contribution in [1.29, 1.82) is 0 Å². The SMILES string of the molecule is CC(=O)NCCCc1ccc(C(=O)COC(=O)c2cnn(-c3ccccn3)c2C)cc1. The highest BCUT2D eigenvalue weighted by Gasteiger charge is 2.18. The van der Waals surface area contributed by atoms with Gasteiger partial charge in [-0.3, -0.25) is 9.59 Å². The molecule has 8 heteroatoms. The van der Waals surface area contributed by atoms with E-state index in [1.54, 1.807) is 42.1 Å². The molecule has 0 saturated carbocycles. The zero-order chi connectivity index (χ0) is 22.2. The Morgan fingerprint density at radius 3 is 2.55 bits per heavy atom. The summed E-state index contributed by atoms with van der Waals surface area (Å²) in [6.45, 7) is 3.49. The van der Waals surface area contributed by atoms with Crippen molar-refractivity contribution in [3.05, 3.63) is 77.2 Å². The second-order valence-corrected chi connectivity index (χ2v) is 7.03. The van der Waals surface area contributed by atoms with Crippen LogP contribution in [0.2, 0.25) is 0 Å².